The van der Waals surface area contributed by atoms with E-state index in [9.17, 15) is 27.9 Å². The van der Waals surface area contributed by atoms with Crippen LogP contribution in [0.3, 0.4) is 0 Å². The highest BCUT2D eigenvalue weighted by Crippen LogP contribution is 2.30. The number of rotatable bonds is 10. The Labute approximate surface area is 191 Å². The number of carboxylic acids is 1. The molecular formula is C25H29F3O5. The molecule has 0 aliphatic carbocycles. The summed E-state index contributed by atoms with van der Waals surface area (Å²) in [6, 6.07) is 8.09. The summed E-state index contributed by atoms with van der Waals surface area (Å²) >= 11 is 0. The Bertz CT molecular complexity index is 1000. The van der Waals surface area contributed by atoms with Crippen molar-refractivity contribution in [3.63, 3.8) is 0 Å². The number of hydrogen-bond acceptors (Lipinski definition) is 4. The number of hydrogen-bond donors (Lipinski definition) is 1. The third kappa shape index (κ3) is 7.23. The van der Waals surface area contributed by atoms with E-state index >= 15 is 0 Å². The summed E-state index contributed by atoms with van der Waals surface area (Å²) in [7, 11) is 0. The van der Waals surface area contributed by atoms with E-state index in [1.807, 2.05) is 32.9 Å². The van der Waals surface area contributed by atoms with E-state index in [4.69, 9.17) is 9.47 Å². The van der Waals surface area contributed by atoms with Crippen molar-refractivity contribution in [2.24, 2.45) is 0 Å². The maximum Gasteiger partial charge on any atom is 0.422 e. The normalized spacial score (nSPS) is 11.9. The molecule has 1 N–H and O–H groups in total. The minimum Gasteiger partial charge on any atom is -0.484 e. The minimum absolute atomic E-state index is 0.0758. The number of aryl methyl sites for hydroxylation is 4. The van der Waals surface area contributed by atoms with Crippen molar-refractivity contribution in [2.75, 3.05) is 6.61 Å². The lowest BCUT2D eigenvalue weighted by atomic mass is 9.95. The molecular weight excluding hydrogens is 437 g/mol. The van der Waals surface area contributed by atoms with Gasteiger partial charge in [0.25, 0.3) is 0 Å². The number of ether oxygens (including phenoxy) is 2. The largest absolute Gasteiger partial charge is 0.484 e. The molecule has 0 heterocycles. The topological polar surface area (TPSA) is 72.8 Å². The number of carbonyl (C=O) groups excluding carboxylic acids is 1. The first kappa shape index (κ1) is 26.2. The Morgan fingerprint density at radius 3 is 2.15 bits per heavy atom. The third-order valence-electron chi connectivity index (χ3n) is 5.19. The molecule has 0 amide bonds. The Balaban J connectivity index is 2.12. The fourth-order valence-electron chi connectivity index (χ4n) is 3.43. The van der Waals surface area contributed by atoms with Crippen LogP contribution in [-0.4, -0.2) is 35.2 Å². The molecule has 180 valence electrons. The van der Waals surface area contributed by atoms with Crippen molar-refractivity contribution in [2.45, 2.75) is 65.7 Å². The Morgan fingerprint density at radius 1 is 1.03 bits per heavy atom. The minimum atomic E-state index is -4.43. The lowest BCUT2D eigenvalue weighted by Gasteiger charge is -2.24. The molecule has 8 heteroatoms. The average Bonchev–Trinajstić information content (AvgIpc) is 2.72. The standard InChI is InChI=1S/C25H29F3O5/c1-6-18-13-19(32-14-25(26,27)28)8-9-20(18)21(29)10-7-17-11-15(2)22(16(3)12-17)33-24(4,5)23(30)31/h8-9,11-13H,6-7,10,14H2,1-5H3,(H,30,31). The Kier molecular flexibility index (Phi) is 8.16. The van der Waals surface area contributed by atoms with Crippen LogP contribution >= 0.6 is 0 Å². The highest BCUT2D eigenvalue weighted by Gasteiger charge is 2.31. The Hall–Kier alpha value is -3.03. The number of Topliss-reactive ketones (excluding diaryl/α,β-unsaturated/α-hetero) is 1. The van der Waals surface area contributed by atoms with E-state index in [2.05, 4.69) is 0 Å². The van der Waals surface area contributed by atoms with E-state index in [-0.39, 0.29) is 18.0 Å². The second kappa shape index (κ2) is 10.3. The van der Waals surface area contributed by atoms with Gasteiger partial charge in [-0.1, -0.05) is 19.1 Å². The number of ketones is 1. The molecule has 0 atom stereocenters. The first-order chi connectivity index (χ1) is 15.2. The molecule has 0 fully saturated rings. The van der Waals surface area contributed by atoms with Crippen LogP contribution < -0.4 is 9.47 Å². The van der Waals surface area contributed by atoms with Gasteiger partial charge in [-0.2, -0.15) is 13.2 Å². The molecule has 2 rings (SSSR count). The van der Waals surface area contributed by atoms with Crippen LogP contribution in [0.25, 0.3) is 0 Å². The highest BCUT2D eigenvalue weighted by atomic mass is 19.4. The van der Waals surface area contributed by atoms with Crippen molar-refractivity contribution < 1.29 is 37.3 Å². The van der Waals surface area contributed by atoms with E-state index in [0.717, 1.165) is 16.7 Å². The molecule has 0 unspecified atom stereocenters. The molecule has 5 nitrogen and oxygen atoms in total. The smallest absolute Gasteiger partial charge is 0.422 e. The molecule has 0 aliphatic rings. The summed E-state index contributed by atoms with van der Waals surface area (Å²) in [5, 5.41) is 9.30. The number of aliphatic carboxylic acids is 1. The van der Waals surface area contributed by atoms with Gasteiger partial charge in [-0.25, -0.2) is 4.79 Å². The van der Waals surface area contributed by atoms with Gasteiger partial charge in [0.1, 0.15) is 11.5 Å². The summed E-state index contributed by atoms with van der Waals surface area (Å²) in [4.78, 5) is 24.2. The van der Waals surface area contributed by atoms with Crippen LogP contribution in [0.15, 0.2) is 30.3 Å². The second-order valence-corrected chi connectivity index (χ2v) is 8.48. The molecule has 2 aromatic rings. The van der Waals surface area contributed by atoms with Crippen LogP contribution in [0.4, 0.5) is 13.2 Å². The van der Waals surface area contributed by atoms with Gasteiger partial charge in [0.2, 0.25) is 0 Å². The van der Waals surface area contributed by atoms with Gasteiger partial charge in [0, 0.05) is 12.0 Å². The molecule has 33 heavy (non-hydrogen) atoms. The van der Waals surface area contributed by atoms with Crippen LogP contribution in [0.2, 0.25) is 0 Å². The van der Waals surface area contributed by atoms with Gasteiger partial charge in [-0.15, -0.1) is 0 Å². The number of halogens is 3. The summed E-state index contributed by atoms with van der Waals surface area (Å²) < 4.78 is 47.6. The summed E-state index contributed by atoms with van der Waals surface area (Å²) in [6.45, 7) is 7.03. The van der Waals surface area contributed by atoms with Crippen molar-refractivity contribution in [3.05, 3.63) is 58.1 Å². The van der Waals surface area contributed by atoms with Gasteiger partial charge in [-0.05, 0) is 81.0 Å². The average molecular weight is 466 g/mol. The molecule has 0 bridgehead atoms. The second-order valence-electron chi connectivity index (χ2n) is 8.48. The van der Waals surface area contributed by atoms with Crippen molar-refractivity contribution in [1.29, 1.82) is 0 Å². The number of benzene rings is 2. The fourth-order valence-corrected chi connectivity index (χ4v) is 3.43. The van der Waals surface area contributed by atoms with Crippen molar-refractivity contribution in [1.82, 2.24) is 0 Å². The molecule has 2 aromatic carbocycles. The SMILES string of the molecule is CCc1cc(OCC(F)(F)F)ccc1C(=O)CCc1cc(C)c(OC(C)(C)C(=O)O)c(C)c1. The van der Waals surface area contributed by atoms with Crippen molar-refractivity contribution in [3.8, 4) is 11.5 Å². The quantitative estimate of drug-likeness (QED) is 0.444. The van der Waals surface area contributed by atoms with E-state index in [1.54, 1.807) is 0 Å². The fraction of sp³-hybridized carbons (Fsp3) is 0.440. The third-order valence-corrected chi connectivity index (χ3v) is 5.19. The monoisotopic (exact) mass is 466 g/mol. The van der Waals surface area contributed by atoms with Gasteiger partial charge in [0.05, 0.1) is 0 Å². The number of carbonyl (C=O) groups is 2. The predicted molar refractivity (Wildman–Crippen MR) is 118 cm³/mol. The van der Waals surface area contributed by atoms with Gasteiger partial charge >= 0.3 is 12.1 Å². The summed E-state index contributed by atoms with van der Waals surface area (Å²) in [6.07, 6.45) is -3.27. The zero-order valence-electron chi connectivity index (χ0n) is 19.4. The predicted octanol–water partition coefficient (Wildman–Crippen LogP) is 5.86. The lowest BCUT2D eigenvalue weighted by molar-refractivity contribution is -0.153. The molecule has 0 radical (unpaired) electrons. The first-order valence-electron chi connectivity index (χ1n) is 10.6. The van der Waals surface area contributed by atoms with Gasteiger partial charge < -0.3 is 14.6 Å². The molecule has 0 aliphatic heterocycles. The molecule has 0 saturated heterocycles. The van der Waals surface area contributed by atoms with Crippen LogP contribution in [0, 0.1) is 13.8 Å². The van der Waals surface area contributed by atoms with E-state index in [0.29, 0.717) is 29.7 Å². The first-order valence-corrected chi connectivity index (χ1v) is 10.6. The summed E-state index contributed by atoms with van der Waals surface area (Å²) in [5.41, 5.74) is 2.17. The van der Waals surface area contributed by atoms with Gasteiger partial charge in [-0.3, -0.25) is 4.79 Å². The maximum atomic E-state index is 12.8. The molecule has 0 aromatic heterocycles. The van der Waals surface area contributed by atoms with Gasteiger partial charge in [0.15, 0.2) is 18.0 Å². The molecule has 0 saturated carbocycles. The summed E-state index contributed by atoms with van der Waals surface area (Å²) in [5.74, 6) is -0.610. The Morgan fingerprint density at radius 2 is 1.64 bits per heavy atom. The zero-order valence-corrected chi connectivity index (χ0v) is 19.4. The highest BCUT2D eigenvalue weighted by molar-refractivity contribution is 5.97. The van der Waals surface area contributed by atoms with Crippen LogP contribution in [0.1, 0.15) is 59.8 Å². The lowest BCUT2D eigenvalue weighted by Crippen LogP contribution is -2.38. The number of alkyl halides is 3. The maximum absolute atomic E-state index is 12.8. The van der Waals surface area contributed by atoms with E-state index < -0.39 is 24.4 Å². The van der Waals surface area contributed by atoms with Crippen LogP contribution in [-0.2, 0) is 17.6 Å². The zero-order chi connectivity index (χ0) is 25.0. The van der Waals surface area contributed by atoms with E-state index in [1.165, 1.54) is 32.0 Å². The van der Waals surface area contributed by atoms with Crippen LogP contribution in [0.5, 0.6) is 11.5 Å². The number of carboxylic acid groups (broad SMARTS) is 1. The van der Waals surface area contributed by atoms with Crippen molar-refractivity contribution >= 4 is 11.8 Å². The molecule has 0 spiro atoms.